The Morgan fingerprint density at radius 3 is 2.26 bits per heavy atom. The summed E-state index contributed by atoms with van der Waals surface area (Å²) >= 11 is 0. The summed E-state index contributed by atoms with van der Waals surface area (Å²) in [5, 5.41) is 0. The minimum atomic E-state index is 0.933. The zero-order valence-electron chi connectivity index (χ0n) is 10.3. The second kappa shape index (κ2) is 5.24. The molecule has 0 aliphatic rings. The average Bonchev–Trinajstić information content (AvgIpc) is 2.96. The van der Waals surface area contributed by atoms with Crippen molar-refractivity contribution >= 4 is 0 Å². The SMILES string of the molecule is C(#Cn1cnc(-c2ccccc2)c1)c1ccccc1. The van der Waals surface area contributed by atoms with Crippen molar-refractivity contribution in [1.29, 1.82) is 0 Å². The maximum absolute atomic E-state index is 4.36. The van der Waals surface area contributed by atoms with Crippen molar-refractivity contribution in [2.24, 2.45) is 0 Å². The molecule has 2 nitrogen and oxygen atoms in total. The number of aromatic nitrogens is 2. The van der Waals surface area contributed by atoms with Crippen molar-refractivity contribution in [3.63, 3.8) is 0 Å². The van der Waals surface area contributed by atoms with E-state index in [1.165, 1.54) is 0 Å². The third-order valence-corrected chi connectivity index (χ3v) is 2.76. The van der Waals surface area contributed by atoms with Crippen molar-refractivity contribution in [2.75, 3.05) is 0 Å². The summed E-state index contributed by atoms with van der Waals surface area (Å²) in [5.74, 6) is 3.10. The van der Waals surface area contributed by atoms with E-state index in [0.717, 1.165) is 16.8 Å². The van der Waals surface area contributed by atoms with Gasteiger partial charge in [0.15, 0.2) is 0 Å². The Kier molecular flexibility index (Phi) is 3.12. The van der Waals surface area contributed by atoms with Crippen LogP contribution < -0.4 is 0 Å². The van der Waals surface area contributed by atoms with Crippen molar-refractivity contribution in [3.05, 3.63) is 78.8 Å². The van der Waals surface area contributed by atoms with E-state index < -0.39 is 0 Å². The molecule has 2 aromatic carbocycles. The third kappa shape index (κ3) is 2.72. The maximum Gasteiger partial charge on any atom is 0.107 e. The lowest BCUT2D eigenvalue weighted by molar-refractivity contribution is 1.11. The molecule has 0 unspecified atom stereocenters. The molecule has 1 heterocycles. The third-order valence-electron chi connectivity index (χ3n) is 2.76. The molecule has 0 radical (unpaired) electrons. The number of imidazole rings is 1. The highest BCUT2D eigenvalue weighted by Crippen LogP contribution is 2.15. The minimum Gasteiger partial charge on any atom is -0.264 e. The van der Waals surface area contributed by atoms with Gasteiger partial charge in [-0.1, -0.05) is 48.5 Å². The van der Waals surface area contributed by atoms with E-state index in [1.807, 2.05) is 66.9 Å². The number of nitrogens with zero attached hydrogens (tertiary/aromatic N) is 2. The molecule has 0 bridgehead atoms. The molecule has 0 atom stereocenters. The Morgan fingerprint density at radius 1 is 0.842 bits per heavy atom. The number of benzene rings is 2. The molecule has 2 heteroatoms. The lowest BCUT2D eigenvalue weighted by Gasteiger charge is -1.93. The molecule has 3 aromatic rings. The largest absolute Gasteiger partial charge is 0.264 e. The molecule has 0 amide bonds. The Bertz CT molecular complexity index is 716. The molecular weight excluding hydrogens is 232 g/mol. The van der Waals surface area contributed by atoms with Gasteiger partial charge < -0.3 is 0 Å². The van der Waals surface area contributed by atoms with Gasteiger partial charge in [-0.05, 0) is 18.1 Å². The van der Waals surface area contributed by atoms with Crippen LogP contribution in [0.25, 0.3) is 11.3 Å². The second-order valence-corrected chi connectivity index (χ2v) is 4.14. The lowest BCUT2D eigenvalue weighted by atomic mass is 10.2. The fraction of sp³-hybridized carbons (Fsp3) is 0. The van der Waals surface area contributed by atoms with Gasteiger partial charge in [-0.25, -0.2) is 4.98 Å². The summed E-state index contributed by atoms with van der Waals surface area (Å²) < 4.78 is 1.79. The molecular formula is C17H12N2. The highest BCUT2D eigenvalue weighted by Gasteiger charge is 1.99. The van der Waals surface area contributed by atoms with E-state index in [0.29, 0.717) is 0 Å². The Balaban J connectivity index is 1.85. The van der Waals surface area contributed by atoms with E-state index in [-0.39, 0.29) is 0 Å². The molecule has 0 spiro atoms. The Hall–Kier alpha value is -2.79. The number of hydrogen-bond donors (Lipinski definition) is 0. The van der Waals surface area contributed by atoms with Gasteiger partial charge in [-0.15, -0.1) is 0 Å². The summed E-state index contributed by atoms with van der Waals surface area (Å²) in [6, 6.07) is 23.1. The summed E-state index contributed by atoms with van der Waals surface area (Å²) in [6.45, 7) is 0. The first-order valence-electron chi connectivity index (χ1n) is 6.08. The van der Waals surface area contributed by atoms with Gasteiger partial charge >= 0.3 is 0 Å². The zero-order valence-corrected chi connectivity index (χ0v) is 10.3. The summed E-state index contributed by atoms with van der Waals surface area (Å²) in [4.78, 5) is 4.36. The van der Waals surface area contributed by atoms with Crippen LogP contribution in [-0.4, -0.2) is 9.55 Å². The molecule has 0 saturated heterocycles. The lowest BCUT2D eigenvalue weighted by Crippen LogP contribution is -1.82. The van der Waals surface area contributed by atoms with Gasteiger partial charge in [0.1, 0.15) is 6.33 Å². The molecule has 3 rings (SSSR count). The highest BCUT2D eigenvalue weighted by atomic mass is 15.0. The van der Waals surface area contributed by atoms with Crippen LogP contribution in [0.5, 0.6) is 0 Å². The predicted octanol–water partition coefficient (Wildman–Crippen LogP) is 3.41. The van der Waals surface area contributed by atoms with Gasteiger partial charge in [0.2, 0.25) is 0 Å². The smallest absolute Gasteiger partial charge is 0.107 e. The number of hydrogen-bond acceptors (Lipinski definition) is 1. The second-order valence-electron chi connectivity index (χ2n) is 4.14. The molecule has 19 heavy (non-hydrogen) atoms. The normalized spacial score (nSPS) is 9.68. The van der Waals surface area contributed by atoms with Crippen LogP contribution in [0.15, 0.2) is 73.2 Å². The molecule has 0 fully saturated rings. The number of rotatable bonds is 1. The molecule has 0 aliphatic heterocycles. The van der Waals surface area contributed by atoms with E-state index in [2.05, 4.69) is 16.9 Å². The van der Waals surface area contributed by atoms with Gasteiger partial charge in [-0.2, -0.15) is 0 Å². The van der Waals surface area contributed by atoms with Crippen LogP contribution in [0.2, 0.25) is 0 Å². The Labute approximate surface area is 112 Å². The maximum atomic E-state index is 4.36. The van der Waals surface area contributed by atoms with Gasteiger partial charge in [0, 0.05) is 23.4 Å². The Morgan fingerprint density at radius 2 is 1.53 bits per heavy atom. The molecule has 1 aromatic heterocycles. The first-order chi connectivity index (χ1) is 9.42. The van der Waals surface area contributed by atoms with Crippen molar-refractivity contribution < 1.29 is 0 Å². The molecule has 90 valence electrons. The van der Waals surface area contributed by atoms with Crippen LogP contribution in [0, 0.1) is 12.0 Å². The summed E-state index contributed by atoms with van der Waals surface area (Å²) in [6.07, 6.45) is 3.67. The average molecular weight is 244 g/mol. The zero-order chi connectivity index (χ0) is 12.9. The van der Waals surface area contributed by atoms with Crippen molar-refractivity contribution in [1.82, 2.24) is 9.55 Å². The van der Waals surface area contributed by atoms with Crippen LogP contribution in [-0.2, 0) is 0 Å². The minimum absolute atomic E-state index is 0.933. The van der Waals surface area contributed by atoms with Gasteiger partial charge in [0.25, 0.3) is 0 Å². The fourth-order valence-electron chi connectivity index (χ4n) is 1.79. The monoisotopic (exact) mass is 244 g/mol. The van der Waals surface area contributed by atoms with Crippen LogP contribution >= 0.6 is 0 Å². The highest BCUT2D eigenvalue weighted by molar-refractivity contribution is 5.58. The van der Waals surface area contributed by atoms with E-state index in [4.69, 9.17) is 0 Å². The van der Waals surface area contributed by atoms with Crippen molar-refractivity contribution in [3.8, 4) is 23.2 Å². The fourth-order valence-corrected chi connectivity index (χ4v) is 1.79. The van der Waals surface area contributed by atoms with E-state index in [9.17, 15) is 0 Å². The van der Waals surface area contributed by atoms with Crippen LogP contribution in [0.3, 0.4) is 0 Å². The van der Waals surface area contributed by atoms with E-state index >= 15 is 0 Å². The first kappa shape index (κ1) is 11.3. The van der Waals surface area contributed by atoms with Gasteiger partial charge in [0.05, 0.1) is 5.69 Å². The predicted molar refractivity (Wildman–Crippen MR) is 76.4 cm³/mol. The molecule has 0 saturated carbocycles. The van der Waals surface area contributed by atoms with E-state index in [1.54, 1.807) is 10.9 Å². The van der Waals surface area contributed by atoms with Crippen LogP contribution in [0.4, 0.5) is 0 Å². The summed E-state index contributed by atoms with van der Waals surface area (Å²) in [5.41, 5.74) is 3.03. The van der Waals surface area contributed by atoms with Crippen molar-refractivity contribution in [2.45, 2.75) is 0 Å². The molecule has 0 N–H and O–H groups in total. The molecule has 0 aliphatic carbocycles. The standard InChI is InChI=1S/C17H12N2/c1-3-7-15(8-4-1)11-12-19-13-17(18-14-19)16-9-5-2-6-10-16/h1-10,13-14H. The topological polar surface area (TPSA) is 17.8 Å². The first-order valence-corrected chi connectivity index (χ1v) is 6.08. The quantitative estimate of drug-likeness (QED) is 0.600. The van der Waals surface area contributed by atoms with Gasteiger partial charge in [-0.3, -0.25) is 4.57 Å². The summed E-state index contributed by atoms with van der Waals surface area (Å²) in [7, 11) is 0. The van der Waals surface area contributed by atoms with Crippen LogP contribution in [0.1, 0.15) is 5.56 Å².